The van der Waals surface area contributed by atoms with E-state index >= 15 is 0 Å². The number of rotatable bonds is 2. The molecule has 1 aromatic carbocycles. The van der Waals surface area contributed by atoms with Gasteiger partial charge in [-0.25, -0.2) is 0 Å². The maximum Gasteiger partial charge on any atom is 0.162 e. The van der Waals surface area contributed by atoms with Gasteiger partial charge in [0.25, 0.3) is 0 Å². The Kier molecular flexibility index (Phi) is 4.27. The normalized spacial score (nSPS) is 27.6. The molecule has 4 nitrogen and oxygen atoms in total. The van der Waals surface area contributed by atoms with Crippen molar-refractivity contribution in [3.63, 3.8) is 0 Å². The molecular formula is C15H21NO3S. The van der Waals surface area contributed by atoms with Crippen molar-refractivity contribution in [3.05, 3.63) is 18.2 Å². The highest BCUT2D eigenvalue weighted by atomic mass is 32.2. The largest absolute Gasteiger partial charge is 0.490 e. The molecule has 0 spiro atoms. The molecule has 3 atom stereocenters. The summed E-state index contributed by atoms with van der Waals surface area (Å²) in [7, 11) is -1.06. The molecule has 1 aliphatic carbocycles. The zero-order chi connectivity index (χ0) is 13.9. The van der Waals surface area contributed by atoms with E-state index in [1.54, 1.807) is 0 Å². The Morgan fingerprint density at radius 2 is 1.80 bits per heavy atom. The minimum atomic E-state index is -1.06. The number of hydrogen-bond acceptors (Lipinski definition) is 4. The van der Waals surface area contributed by atoms with E-state index < -0.39 is 10.8 Å². The summed E-state index contributed by atoms with van der Waals surface area (Å²) >= 11 is 0. The zero-order valence-electron chi connectivity index (χ0n) is 11.5. The first-order chi connectivity index (χ1) is 9.75. The minimum Gasteiger partial charge on any atom is -0.490 e. The van der Waals surface area contributed by atoms with Gasteiger partial charge in [-0.3, -0.25) is 4.21 Å². The monoisotopic (exact) mass is 295 g/mol. The number of hydrogen-bond donors (Lipinski definition) is 1. The van der Waals surface area contributed by atoms with Gasteiger partial charge in [-0.1, -0.05) is 12.8 Å². The van der Waals surface area contributed by atoms with Gasteiger partial charge in [0.15, 0.2) is 11.5 Å². The molecule has 1 heterocycles. The summed E-state index contributed by atoms with van der Waals surface area (Å²) in [5, 5.41) is 0.0634. The first-order valence-electron chi connectivity index (χ1n) is 7.31. The molecule has 2 N–H and O–H groups in total. The summed E-state index contributed by atoms with van der Waals surface area (Å²) < 4.78 is 24.0. The summed E-state index contributed by atoms with van der Waals surface area (Å²) in [6.45, 7) is 1.31. The molecule has 0 radical (unpaired) electrons. The lowest BCUT2D eigenvalue weighted by Crippen LogP contribution is -2.40. The predicted octanol–water partition coefficient (Wildman–Crippen LogP) is 2.23. The van der Waals surface area contributed by atoms with Crippen molar-refractivity contribution in [1.82, 2.24) is 0 Å². The molecule has 0 saturated heterocycles. The highest BCUT2D eigenvalue weighted by Crippen LogP contribution is 2.33. The minimum absolute atomic E-state index is 0.0422. The average molecular weight is 295 g/mol. The van der Waals surface area contributed by atoms with Crippen molar-refractivity contribution in [1.29, 1.82) is 0 Å². The van der Waals surface area contributed by atoms with Crippen LogP contribution in [0.3, 0.4) is 0 Å². The van der Waals surface area contributed by atoms with Gasteiger partial charge in [-0.05, 0) is 25.0 Å². The van der Waals surface area contributed by atoms with Crippen molar-refractivity contribution in [2.75, 3.05) is 13.2 Å². The first-order valence-corrected chi connectivity index (χ1v) is 8.53. The molecule has 20 heavy (non-hydrogen) atoms. The summed E-state index contributed by atoms with van der Waals surface area (Å²) in [5.74, 6) is 1.45. The van der Waals surface area contributed by atoms with Crippen LogP contribution in [0.4, 0.5) is 0 Å². The van der Waals surface area contributed by atoms with Crippen LogP contribution in [0, 0.1) is 0 Å². The Morgan fingerprint density at radius 3 is 2.60 bits per heavy atom. The fourth-order valence-electron chi connectivity index (χ4n) is 2.83. The predicted molar refractivity (Wildman–Crippen MR) is 78.7 cm³/mol. The molecule has 1 saturated carbocycles. The quantitative estimate of drug-likeness (QED) is 0.909. The number of fused-ring (bicyclic) bond motifs is 1. The van der Waals surface area contributed by atoms with Crippen LogP contribution in [0.5, 0.6) is 11.5 Å². The Hall–Kier alpha value is -1.07. The van der Waals surface area contributed by atoms with E-state index in [1.807, 2.05) is 18.2 Å². The Morgan fingerprint density at radius 1 is 1.05 bits per heavy atom. The number of nitrogens with two attached hydrogens (primary N) is 1. The van der Waals surface area contributed by atoms with E-state index in [9.17, 15) is 4.21 Å². The fraction of sp³-hybridized carbons (Fsp3) is 0.600. The zero-order valence-corrected chi connectivity index (χ0v) is 12.4. The van der Waals surface area contributed by atoms with Crippen LogP contribution in [-0.2, 0) is 10.8 Å². The third kappa shape index (κ3) is 2.83. The van der Waals surface area contributed by atoms with E-state index in [2.05, 4.69) is 0 Å². The van der Waals surface area contributed by atoms with Crippen molar-refractivity contribution in [2.24, 2.45) is 5.73 Å². The SMILES string of the molecule is NC1CCCCC1S(=O)c1ccc2c(c1)OCCCO2. The Balaban J connectivity index is 1.82. The van der Waals surface area contributed by atoms with Crippen molar-refractivity contribution in [2.45, 2.75) is 48.3 Å². The van der Waals surface area contributed by atoms with E-state index in [0.717, 1.165) is 42.7 Å². The third-order valence-corrected chi connectivity index (χ3v) is 5.83. The van der Waals surface area contributed by atoms with Crippen LogP contribution in [0.1, 0.15) is 32.1 Å². The lowest BCUT2D eigenvalue weighted by atomic mass is 9.96. The van der Waals surface area contributed by atoms with Crippen LogP contribution in [-0.4, -0.2) is 28.7 Å². The molecule has 110 valence electrons. The van der Waals surface area contributed by atoms with Crippen molar-refractivity contribution < 1.29 is 13.7 Å². The second kappa shape index (κ2) is 6.14. The van der Waals surface area contributed by atoms with Crippen LogP contribution in [0.25, 0.3) is 0 Å². The average Bonchev–Trinajstić information content (AvgIpc) is 2.71. The summed E-state index contributed by atoms with van der Waals surface area (Å²) in [6, 6.07) is 5.64. The highest BCUT2D eigenvalue weighted by molar-refractivity contribution is 7.85. The molecule has 3 unspecified atom stereocenters. The Bertz CT molecular complexity index is 506. The van der Waals surface area contributed by atoms with Gasteiger partial charge >= 0.3 is 0 Å². The molecule has 0 bridgehead atoms. The van der Waals surface area contributed by atoms with Gasteiger partial charge in [-0.2, -0.15) is 0 Å². The van der Waals surface area contributed by atoms with E-state index in [0.29, 0.717) is 19.0 Å². The molecule has 5 heteroatoms. The van der Waals surface area contributed by atoms with Gasteiger partial charge in [0.2, 0.25) is 0 Å². The third-order valence-electron chi connectivity index (χ3n) is 3.98. The summed E-state index contributed by atoms with van der Waals surface area (Å²) in [6.07, 6.45) is 5.06. The van der Waals surface area contributed by atoms with E-state index in [-0.39, 0.29) is 11.3 Å². The Labute approximate surface area is 122 Å². The van der Waals surface area contributed by atoms with Gasteiger partial charge < -0.3 is 15.2 Å². The second-order valence-corrected chi connectivity index (χ2v) is 7.11. The lowest BCUT2D eigenvalue weighted by Gasteiger charge is -2.27. The molecule has 1 fully saturated rings. The molecule has 2 aliphatic rings. The highest BCUT2D eigenvalue weighted by Gasteiger charge is 2.28. The maximum absolute atomic E-state index is 12.7. The molecule has 0 aromatic heterocycles. The van der Waals surface area contributed by atoms with Crippen LogP contribution in [0.2, 0.25) is 0 Å². The summed E-state index contributed by atoms with van der Waals surface area (Å²) in [5.41, 5.74) is 6.13. The van der Waals surface area contributed by atoms with E-state index in [4.69, 9.17) is 15.2 Å². The second-order valence-electron chi connectivity index (χ2n) is 5.44. The lowest BCUT2D eigenvalue weighted by molar-refractivity contribution is 0.297. The van der Waals surface area contributed by atoms with Crippen molar-refractivity contribution >= 4 is 10.8 Å². The molecule has 1 aromatic rings. The van der Waals surface area contributed by atoms with Gasteiger partial charge in [0.05, 0.1) is 29.3 Å². The molecule has 3 rings (SSSR count). The van der Waals surface area contributed by atoms with E-state index in [1.165, 1.54) is 0 Å². The molecule has 0 amide bonds. The maximum atomic E-state index is 12.7. The van der Waals surface area contributed by atoms with Crippen LogP contribution >= 0.6 is 0 Å². The van der Waals surface area contributed by atoms with Gasteiger partial charge in [0, 0.05) is 23.4 Å². The smallest absolute Gasteiger partial charge is 0.162 e. The number of benzene rings is 1. The molecule has 1 aliphatic heterocycles. The van der Waals surface area contributed by atoms with Crippen LogP contribution in [0.15, 0.2) is 23.1 Å². The van der Waals surface area contributed by atoms with Gasteiger partial charge in [0.1, 0.15) is 0 Å². The summed E-state index contributed by atoms with van der Waals surface area (Å²) in [4.78, 5) is 0.802. The number of ether oxygens (including phenoxy) is 2. The topological polar surface area (TPSA) is 61.6 Å². The standard InChI is InChI=1S/C15H21NO3S/c16-12-4-1-2-5-15(12)20(17)11-6-7-13-14(10-11)19-9-3-8-18-13/h6-7,10,12,15H,1-5,8-9,16H2. The van der Waals surface area contributed by atoms with Crippen LogP contribution < -0.4 is 15.2 Å². The first kappa shape index (κ1) is 13.9. The fourth-order valence-corrected chi connectivity index (χ4v) is 4.44. The molecular weight excluding hydrogens is 274 g/mol. The van der Waals surface area contributed by atoms with Gasteiger partial charge in [-0.15, -0.1) is 0 Å². The van der Waals surface area contributed by atoms with Crippen molar-refractivity contribution in [3.8, 4) is 11.5 Å².